The largest absolute Gasteiger partial charge is 0.352 e. The van der Waals surface area contributed by atoms with E-state index in [2.05, 4.69) is 29.4 Å². The molecule has 1 fully saturated rings. The van der Waals surface area contributed by atoms with Gasteiger partial charge in [0.05, 0.1) is 10.8 Å². The third-order valence-corrected chi connectivity index (χ3v) is 6.44. The van der Waals surface area contributed by atoms with Crippen LogP contribution in [0.15, 0.2) is 29.4 Å². The van der Waals surface area contributed by atoms with Crippen LogP contribution in [0, 0.1) is 11.8 Å². The molecule has 26 heavy (non-hydrogen) atoms. The number of carbonyl (C=O) groups is 1. The molecule has 1 aromatic heterocycles. The number of benzene rings is 1. The second kappa shape index (κ2) is 8.31. The van der Waals surface area contributed by atoms with Crippen LogP contribution in [0.2, 0.25) is 5.02 Å². The highest BCUT2D eigenvalue weighted by Gasteiger charge is 2.28. The van der Waals surface area contributed by atoms with Crippen molar-refractivity contribution in [2.45, 2.75) is 44.3 Å². The fraction of sp³-hybridized carbons (Fsp3) is 0.500. The van der Waals surface area contributed by atoms with Crippen LogP contribution in [0.1, 0.15) is 33.1 Å². The molecule has 0 saturated heterocycles. The summed E-state index contributed by atoms with van der Waals surface area (Å²) in [5, 5.41) is 12.4. The number of amides is 1. The number of rotatable bonds is 5. The molecule has 3 N–H and O–H groups in total. The van der Waals surface area contributed by atoms with Crippen LogP contribution in [-0.2, 0) is 4.79 Å². The molecular formula is C18H24ClN5OS. The van der Waals surface area contributed by atoms with Crippen LogP contribution in [-0.4, -0.2) is 32.6 Å². The van der Waals surface area contributed by atoms with Crippen LogP contribution in [0.25, 0.3) is 11.4 Å². The lowest BCUT2D eigenvalue weighted by atomic mass is 9.78. The molecule has 3 atom stereocenters. The molecule has 1 aromatic carbocycles. The summed E-state index contributed by atoms with van der Waals surface area (Å²) in [7, 11) is 0. The first-order valence-electron chi connectivity index (χ1n) is 8.85. The summed E-state index contributed by atoms with van der Waals surface area (Å²) >= 11 is 7.47. The highest BCUT2D eigenvalue weighted by molar-refractivity contribution is 7.99. The number of nitrogens with one attached hydrogen (secondary N) is 1. The Hall–Kier alpha value is -1.73. The highest BCUT2D eigenvalue weighted by Crippen LogP contribution is 2.30. The molecule has 6 nitrogen and oxygen atoms in total. The van der Waals surface area contributed by atoms with Crippen LogP contribution < -0.4 is 11.2 Å². The van der Waals surface area contributed by atoms with Crippen molar-refractivity contribution in [3.05, 3.63) is 29.3 Å². The molecule has 2 aromatic rings. The lowest BCUT2D eigenvalue weighted by molar-refractivity contribution is -0.120. The molecule has 0 aliphatic heterocycles. The molecule has 1 heterocycles. The minimum Gasteiger partial charge on any atom is -0.352 e. The topological polar surface area (TPSA) is 85.8 Å². The van der Waals surface area contributed by atoms with Crippen LogP contribution >= 0.6 is 23.4 Å². The highest BCUT2D eigenvalue weighted by atomic mass is 35.5. The molecule has 0 bridgehead atoms. The van der Waals surface area contributed by atoms with E-state index in [1.54, 1.807) is 6.07 Å². The van der Waals surface area contributed by atoms with Gasteiger partial charge in [-0.3, -0.25) is 4.79 Å². The SMILES string of the molecule is C[C@H]1[C@@H](NC(=O)CSc2nnc(-c3ccccc3Cl)n2N)CCC[C@@H]1C. The number of thioether (sulfide) groups is 1. The van der Waals surface area contributed by atoms with E-state index in [0.29, 0.717) is 33.4 Å². The predicted octanol–water partition coefficient (Wildman–Crippen LogP) is 3.35. The van der Waals surface area contributed by atoms with E-state index in [-0.39, 0.29) is 17.7 Å². The maximum Gasteiger partial charge on any atom is 0.230 e. The number of hydrogen-bond donors (Lipinski definition) is 2. The molecular weight excluding hydrogens is 370 g/mol. The number of carbonyl (C=O) groups excluding carboxylic acids is 1. The second-order valence-electron chi connectivity index (χ2n) is 6.89. The van der Waals surface area contributed by atoms with Gasteiger partial charge in [0.25, 0.3) is 0 Å². The number of halogens is 1. The summed E-state index contributed by atoms with van der Waals surface area (Å²) in [5.41, 5.74) is 0.713. The van der Waals surface area contributed by atoms with Crippen molar-refractivity contribution in [1.29, 1.82) is 0 Å². The first-order chi connectivity index (χ1) is 12.5. The molecule has 3 rings (SSSR count). The zero-order valence-electron chi connectivity index (χ0n) is 15.0. The zero-order valence-corrected chi connectivity index (χ0v) is 16.6. The van der Waals surface area contributed by atoms with Crippen molar-refractivity contribution >= 4 is 29.3 Å². The van der Waals surface area contributed by atoms with Gasteiger partial charge >= 0.3 is 0 Å². The Morgan fingerprint density at radius 3 is 2.88 bits per heavy atom. The molecule has 1 saturated carbocycles. The molecule has 8 heteroatoms. The summed E-state index contributed by atoms with van der Waals surface area (Å²) < 4.78 is 1.38. The average Bonchev–Trinajstić information content (AvgIpc) is 2.98. The minimum absolute atomic E-state index is 0.00300. The number of nitrogen functional groups attached to an aromatic ring is 1. The molecule has 0 unspecified atom stereocenters. The average molecular weight is 394 g/mol. The summed E-state index contributed by atoms with van der Waals surface area (Å²) in [5.74, 6) is 7.99. The Labute approximate surface area is 162 Å². The van der Waals surface area contributed by atoms with Crippen molar-refractivity contribution in [1.82, 2.24) is 20.2 Å². The first kappa shape index (κ1) is 19.0. The lowest BCUT2D eigenvalue weighted by Crippen LogP contribution is -2.44. The molecule has 140 valence electrons. The van der Waals surface area contributed by atoms with Gasteiger partial charge in [0.1, 0.15) is 0 Å². The van der Waals surface area contributed by atoms with E-state index in [9.17, 15) is 4.79 Å². The van der Waals surface area contributed by atoms with Crippen molar-refractivity contribution in [3.63, 3.8) is 0 Å². The lowest BCUT2D eigenvalue weighted by Gasteiger charge is -2.34. The molecule has 1 amide bonds. The Balaban J connectivity index is 1.60. The summed E-state index contributed by atoms with van der Waals surface area (Å²) in [4.78, 5) is 12.3. The number of nitrogens with two attached hydrogens (primary N) is 1. The van der Waals surface area contributed by atoms with Gasteiger partial charge in [0.2, 0.25) is 11.1 Å². The zero-order chi connectivity index (χ0) is 18.7. The van der Waals surface area contributed by atoms with Gasteiger partial charge in [-0.25, -0.2) is 4.68 Å². The minimum atomic E-state index is 0.00300. The third-order valence-electron chi connectivity index (χ3n) is 5.16. The van der Waals surface area contributed by atoms with Gasteiger partial charge < -0.3 is 11.2 Å². The Morgan fingerprint density at radius 1 is 1.35 bits per heavy atom. The summed E-state index contributed by atoms with van der Waals surface area (Å²) in [6.07, 6.45) is 3.46. The molecule has 1 aliphatic carbocycles. The van der Waals surface area contributed by atoms with Crippen molar-refractivity contribution < 1.29 is 4.79 Å². The molecule has 1 aliphatic rings. The Bertz CT molecular complexity index is 781. The maximum atomic E-state index is 12.3. The smallest absolute Gasteiger partial charge is 0.230 e. The standard InChI is InChI=1S/C18H24ClN5OS/c1-11-6-5-9-15(12(11)2)21-16(25)10-26-18-23-22-17(24(18)20)13-7-3-4-8-14(13)19/h3-4,7-8,11-12,15H,5-6,9-10,20H2,1-2H3,(H,21,25)/t11-,12+,15-/m0/s1. The van der Waals surface area contributed by atoms with E-state index in [4.69, 9.17) is 17.4 Å². The fourth-order valence-corrected chi connectivity index (χ4v) is 4.25. The van der Waals surface area contributed by atoms with Gasteiger partial charge in [-0.1, -0.05) is 62.2 Å². The number of nitrogens with zero attached hydrogens (tertiary/aromatic N) is 3. The van der Waals surface area contributed by atoms with Crippen molar-refractivity contribution in [2.24, 2.45) is 11.8 Å². The van der Waals surface area contributed by atoms with Crippen LogP contribution in [0.5, 0.6) is 0 Å². The summed E-state index contributed by atoms with van der Waals surface area (Å²) in [6, 6.07) is 7.57. The monoisotopic (exact) mass is 393 g/mol. The van der Waals surface area contributed by atoms with Crippen molar-refractivity contribution in [3.8, 4) is 11.4 Å². The quantitative estimate of drug-likeness (QED) is 0.601. The van der Waals surface area contributed by atoms with E-state index < -0.39 is 0 Å². The van der Waals surface area contributed by atoms with Gasteiger partial charge in [-0.05, 0) is 30.4 Å². The number of aromatic nitrogens is 3. The maximum absolute atomic E-state index is 12.3. The van der Waals surface area contributed by atoms with Gasteiger partial charge in [0.15, 0.2) is 5.82 Å². The normalized spacial score (nSPS) is 23.0. The fourth-order valence-electron chi connectivity index (χ4n) is 3.37. The van der Waals surface area contributed by atoms with Crippen LogP contribution in [0.4, 0.5) is 0 Å². The first-order valence-corrected chi connectivity index (χ1v) is 10.2. The van der Waals surface area contributed by atoms with Crippen molar-refractivity contribution in [2.75, 3.05) is 11.6 Å². The predicted molar refractivity (Wildman–Crippen MR) is 105 cm³/mol. The van der Waals surface area contributed by atoms with E-state index >= 15 is 0 Å². The Morgan fingerprint density at radius 2 is 2.12 bits per heavy atom. The third kappa shape index (κ3) is 4.15. The van der Waals surface area contributed by atoms with E-state index in [1.165, 1.54) is 29.3 Å². The van der Waals surface area contributed by atoms with E-state index in [0.717, 1.165) is 6.42 Å². The second-order valence-corrected chi connectivity index (χ2v) is 8.24. The van der Waals surface area contributed by atoms with Gasteiger partial charge in [-0.2, -0.15) is 0 Å². The summed E-state index contributed by atoms with van der Waals surface area (Å²) in [6.45, 7) is 4.47. The van der Waals surface area contributed by atoms with Gasteiger partial charge in [-0.15, -0.1) is 10.2 Å². The van der Waals surface area contributed by atoms with E-state index in [1.807, 2.05) is 18.2 Å². The van der Waals surface area contributed by atoms with Crippen LogP contribution in [0.3, 0.4) is 0 Å². The molecule has 0 spiro atoms. The Kier molecular flexibility index (Phi) is 6.09. The molecule has 0 radical (unpaired) electrons. The van der Waals surface area contributed by atoms with Gasteiger partial charge in [0, 0.05) is 11.6 Å². The number of hydrogen-bond acceptors (Lipinski definition) is 5.